The average Bonchev–Trinajstić information content (AvgIpc) is 2.80. The van der Waals surface area contributed by atoms with Crippen molar-refractivity contribution >= 4 is 29.2 Å². The maximum absolute atomic E-state index is 14.6. The van der Waals surface area contributed by atoms with Crippen LogP contribution in [0.15, 0.2) is 66.7 Å². The Morgan fingerprint density at radius 2 is 1.72 bits per heavy atom. The minimum absolute atomic E-state index is 0.0441. The molecule has 0 spiro atoms. The fourth-order valence-corrected chi connectivity index (χ4v) is 3.15. The van der Waals surface area contributed by atoms with Crippen LogP contribution in [0.4, 0.5) is 14.5 Å². The number of ether oxygens (including phenoxy) is 2. The zero-order valence-electron chi connectivity index (χ0n) is 17.2. The molecule has 0 aliphatic rings. The lowest BCUT2D eigenvalue weighted by atomic mass is 10.1. The second-order valence-electron chi connectivity index (χ2n) is 6.85. The van der Waals surface area contributed by atoms with Gasteiger partial charge in [0.2, 0.25) is 0 Å². The molecule has 0 aliphatic heterocycles. The minimum Gasteiger partial charge on any atom is -0.465 e. The van der Waals surface area contributed by atoms with E-state index in [-0.39, 0.29) is 41.6 Å². The molecule has 0 saturated carbocycles. The molecule has 0 aliphatic carbocycles. The highest BCUT2D eigenvalue weighted by Crippen LogP contribution is 2.25. The first-order valence-electron chi connectivity index (χ1n) is 9.63. The van der Waals surface area contributed by atoms with Gasteiger partial charge in [0.15, 0.2) is 0 Å². The zero-order chi connectivity index (χ0) is 23.1. The monoisotopic (exact) mass is 459 g/mol. The Hall–Kier alpha value is -3.29. The van der Waals surface area contributed by atoms with Crippen molar-refractivity contribution in [3.8, 4) is 0 Å². The van der Waals surface area contributed by atoms with Crippen LogP contribution in [0.3, 0.4) is 0 Å². The smallest absolute Gasteiger partial charge is 0.337 e. The van der Waals surface area contributed by atoms with Crippen LogP contribution < -0.4 is 4.90 Å². The molecule has 0 bridgehead atoms. The van der Waals surface area contributed by atoms with Crippen LogP contribution in [0.2, 0.25) is 5.02 Å². The molecule has 0 radical (unpaired) electrons. The Balaban J connectivity index is 1.81. The number of halogens is 3. The molecule has 3 aromatic rings. The molecule has 5 nitrogen and oxygen atoms in total. The fourth-order valence-electron chi connectivity index (χ4n) is 2.98. The van der Waals surface area contributed by atoms with Crippen molar-refractivity contribution in [2.45, 2.75) is 13.2 Å². The van der Waals surface area contributed by atoms with Crippen LogP contribution in [0.25, 0.3) is 0 Å². The van der Waals surface area contributed by atoms with Gasteiger partial charge in [-0.1, -0.05) is 48.0 Å². The van der Waals surface area contributed by atoms with E-state index < -0.39 is 23.5 Å². The average molecular weight is 460 g/mol. The Bertz CT molecular complexity index is 1110. The Morgan fingerprint density at radius 3 is 2.38 bits per heavy atom. The Labute approximate surface area is 189 Å². The van der Waals surface area contributed by atoms with E-state index in [1.807, 2.05) is 30.3 Å². The lowest BCUT2D eigenvalue weighted by Crippen LogP contribution is -2.34. The normalized spacial score (nSPS) is 10.6. The highest BCUT2D eigenvalue weighted by Gasteiger charge is 2.20. The summed E-state index contributed by atoms with van der Waals surface area (Å²) < 4.78 is 38.4. The van der Waals surface area contributed by atoms with Crippen LogP contribution in [-0.2, 0) is 27.4 Å². The number of esters is 1. The maximum Gasteiger partial charge on any atom is 0.337 e. The van der Waals surface area contributed by atoms with Gasteiger partial charge in [-0.3, -0.25) is 4.79 Å². The third-order valence-corrected chi connectivity index (χ3v) is 4.95. The summed E-state index contributed by atoms with van der Waals surface area (Å²) in [6, 6.07) is 16.9. The number of rotatable bonds is 8. The highest BCUT2D eigenvalue weighted by molar-refractivity contribution is 6.31. The van der Waals surface area contributed by atoms with Gasteiger partial charge in [0.25, 0.3) is 5.91 Å². The van der Waals surface area contributed by atoms with E-state index in [0.29, 0.717) is 0 Å². The van der Waals surface area contributed by atoms with Gasteiger partial charge in [-0.2, -0.15) is 0 Å². The molecule has 32 heavy (non-hydrogen) atoms. The molecule has 166 valence electrons. The molecule has 3 aromatic carbocycles. The van der Waals surface area contributed by atoms with E-state index in [2.05, 4.69) is 4.74 Å². The summed E-state index contributed by atoms with van der Waals surface area (Å²) in [5, 5.41) is -0.174. The number of hydrogen-bond donors (Lipinski definition) is 0. The van der Waals surface area contributed by atoms with Crippen LogP contribution in [0.1, 0.15) is 21.5 Å². The number of hydrogen-bond acceptors (Lipinski definition) is 4. The molecule has 0 unspecified atom stereocenters. The molecule has 8 heteroatoms. The van der Waals surface area contributed by atoms with Gasteiger partial charge < -0.3 is 14.4 Å². The van der Waals surface area contributed by atoms with Gasteiger partial charge in [0, 0.05) is 11.3 Å². The minimum atomic E-state index is -0.691. The first-order chi connectivity index (χ1) is 15.4. The summed E-state index contributed by atoms with van der Waals surface area (Å²) in [7, 11) is 1.20. The number of nitrogens with zero attached hydrogens (tertiary/aromatic N) is 1. The maximum atomic E-state index is 14.6. The van der Waals surface area contributed by atoms with Gasteiger partial charge in [-0.05, 0) is 35.9 Å². The van der Waals surface area contributed by atoms with E-state index in [1.165, 1.54) is 36.3 Å². The second-order valence-corrected chi connectivity index (χ2v) is 7.26. The van der Waals surface area contributed by atoms with E-state index in [1.54, 1.807) is 0 Å². The van der Waals surface area contributed by atoms with Crippen molar-refractivity contribution in [3.05, 3.63) is 100 Å². The third kappa shape index (κ3) is 5.90. The van der Waals surface area contributed by atoms with E-state index >= 15 is 0 Å². The fraction of sp³-hybridized carbons (Fsp3) is 0.167. The second kappa shape index (κ2) is 10.8. The van der Waals surface area contributed by atoms with E-state index in [4.69, 9.17) is 16.3 Å². The van der Waals surface area contributed by atoms with Crippen molar-refractivity contribution in [1.82, 2.24) is 0 Å². The van der Waals surface area contributed by atoms with Crippen molar-refractivity contribution in [1.29, 1.82) is 0 Å². The topological polar surface area (TPSA) is 55.8 Å². The van der Waals surface area contributed by atoms with E-state index in [0.717, 1.165) is 17.7 Å². The molecule has 0 saturated heterocycles. The molecule has 0 aromatic heterocycles. The summed E-state index contributed by atoms with van der Waals surface area (Å²) in [5.74, 6) is -2.48. The van der Waals surface area contributed by atoms with Crippen LogP contribution >= 0.6 is 11.6 Å². The molecule has 0 heterocycles. The number of carbonyl (C=O) groups excluding carboxylic acids is 2. The molecule has 0 atom stereocenters. The number of amides is 1. The predicted octanol–water partition coefficient (Wildman–Crippen LogP) is 5.15. The zero-order valence-corrected chi connectivity index (χ0v) is 17.9. The number of anilines is 1. The standard InChI is InChI=1S/C24H20ClF2NO4/c1-31-24(30)17-7-8-18(22(27)11-17)13-28(19-9-10-21(26)20(25)12-19)23(29)15-32-14-16-5-3-2-4-6-16/h2-12H,13-15H2,1H3. The van der Waals surface area contributed by atoms with Gasteiger partial charge in [0.1, 0.15) is 18.2 Å². The van der Waals surface area contributed by atoms with Crippen molar-refractivity contribution in [3.63, 3.8) is 0 Å². The van der Waals surface area contributed by atoms with Crippen LogP contribution in [0, 0.1) is 11.6 Å². The molecular weight excluding hydrogens is 440 g/mol. The Morgan fingerprint density at radius 1 is 0.969 bits per heavy atom. The molecule has 0 N–H and O–H groups in total. The quantitative estimate of drug-likeness (QED) is 0.437. The Kier molecular flexibility index (Phi) is 7.92. The predicted molar refractivity (Wildman–Crippen MR) is 116 cm³/mol. The lowest BCUT2D eigenvalue weighted by Gasteiger charge is -2.24. The van der Waals surface area contributed by atoms with Crippen molar-refractivity contribution in [2.24, 2.45) is 0 Å². The summed E-state index contributed by atoms with van der Waals surface area (Å²) in [4.78, 5) is 25.8. The molecular formula is C24H20ClF2NO4. The number of methoxy groups -OCH3 is 1. The van der Waals surface area contributed by atoms with Crippen LogP contribution in [-0.4, -0.2) is 25.6 Å². The summed E-state index contributed by atoms with van der Waals surface area (Å²) in [6.07, 6.45) is 0. The first kappa shape index (κ1) is 23.4. The molecule has 1 amide bonds. The molecule has 3 rings (SSSR count). The SMILES string of the molecule is COC(=O)c1ccc(CN(C(=O)COCc2ccccc2)c2ccc(F)c(Cl)c2)c(F)c1. The van der Waals surface area contributed by atoms with Crippen LogP contribution in [0.5, 0.6) is 0 Å². The number of carbonyl (C=O) groups is 2. The molecule has 0 fully saturated rings. The van der Waals surface area contributed by atoms with Crippen molar-refractivity contribution < 1.29 is 27.8 Å². The number of benzene rings is 3. The largest absolute Gasteiger partial charge is 0.465 e. The van der Waals surface area contributed by atoms with Crippen molar-refractivity contribution in [2.75, 3.05) is 18.6 Å². The van der Waals surface area contributed by atoms with Gasteiger partial charge >= 0.3 is 5.97 Å². The summed E-state index contributed by atoms with van der Waals surface area (Å²) >= 11 is 5.88. The third-order valence-electron chi connectivity index (χ3n) is 4.66. The first-order valence-corrected chi connectivity index (χ1v) is 10.0. The van der Waals surface area contributed by atoms with Gasteiger partial charge in [-0.25, -0.2) is 13.6 Å². The van der Waals surface area contributed by atoms with Gasteiger partial charge in [-0.15, -0.1) is 0 Å². The summed E-state index contributed by atoms with van der Waals surface area (Å²) in [5.41, 5.74) is 1.36. The van der Waals surface area contributed by atoms with Gasteiger partial charge in [0.05, 0.1) is 30.8 Å². The lowest BCUT2D eigenvalue weighted by molar-refractivity contribution is -0.123. The van der Waals surface area contributed by atoms with E-state index in [9.17, 15) is 18.4 Å². The highest BCUT2D eigenvalue weighted by atomic mass is 35.5. The summed E-state index contributed by atoms with van der Waals surface area (Å²) in [6.45, 7) is -0.249.